The van der Waals surface area contributed by atoms with Crippen molar-refractivity contribution in [2.75, 3.05) is 5.32 Å². The number of pyridine rings is 1. The summed E-state index contributed by atoms with van der Waals surface area (Å²) in [4.78, 5) is 30.4. The van der Waals surface area contributed by atoms with E-state index in [1.165, 1.54) is 17.4 Å². The highest BCUT2D eigenvalue weighted by molar-refractivity contribution is 7.13. The van der Waals surface area contributed by atoms with Crippen LogP contribution in [0, 0.1) is 0 Å². The number of aromatic amines is 1. The molecule has 1 aromatic carbocycles. The first-order chi connectivity index (χ1) is 9.24. The number of H-pyrrole nitrogens is 1. The van der Waals surface area contributed by atoms with E-state index in [1.807, 2.05) is 6.07 Å². The minimum Gasteiger partial charge on any atom is -0.322 e. The van der Waals surface area contributed by atoms with Crippen LogP contribution >= 0.6 is 11.3 Å². The molecule has 19 heavy (non-hydrogen) atoms. The van der Waals surface area contributed by atoms with Gasteiger partial charge in [0, 0.05) is 28.5 Å². The van der Waals surface area contributed by atoms with E-state index in [0.717, 1.165) is 0 Å². The molecule has 0 bridgehead atoms. The number of fused-ring (bicyclic) bond motifs is 1. The smallest absolute Gasteiger partial charge is 0.258 e. The van der Waals surface area contributed by atoms with Gasteiger partial charge in [-0.25, -0.2) is 4.98 Å². The zero-order valence-corrected chi connectivity index (χ0v) is 10.5. The van der Waals surface area contributed by atoms with Crippen LogP contribution in [0.3, 0.4) is 0 Å². The highest BCUT2D eigenvalue weighted by Crippen LogP contribution is 2.17. The number of aromatic nitrogens is 2. The van der Waals surface area contributed by atoms with Crippen molar-refractivity contribution in [3.8, 4) is 0 Å². The predicted molar refractivity (Wildman–Crippen MR) is 74.6 cm³/mol. The van der Waals surface area contributed by atoms with Crippen molar-refractivity contribution in [2.45, 2.75) is 0 Å². The van der Waals surface area contributed by atoms with Crippen molar-refractivity contribution in [1.29, 1.82) is 0 Å². The highest BCUT2D eigenvalue weighted by Gasteiger charge is 2.12. The summed E-state index contributed by atoms with van der Waals surface area (Å²) >= 11 is 1.33. The Bertz CT molecular complexity index is 793. The molecule has 0 saturated carbocycles. The summed E-state index contributed by atoms with van der Waals surface area (Å²) in [5.41, 5.74) is 0.678. The van der Waals surface area contributed by atoms with E-state index < -0.39 is 0 Å². The molecule has 0 atom stereocenters. The normalized spacial score (nSPS) is 10.5. The van der Waals surface area contributed by atoms with Gasteiger partial charge in [0.05, 0.1) is 5.56 Å². The van der Waals surface area contributed by atoms with Gasteiger partial charge in [-0.05, 0) is 6.07 Å². The lowest BCUT2D eigenvalue weighted by Gasteiger charge is -2.05. The van der Waals surface area contributed by atoms with Crippen LogP contribution in [0.2, 0.25) is 0 Å². The third-order valence-corrected chi connectivity index (χ3v) is 3.34. The molecule has 5 nitrogen and oxygen atoms in total. The van der Waals surface area contributed by atoms with Crippen LogP contribution < -0.4 is 10.9 Å². The number of benzene rings is 1. The van der Waals surface area contributed by atoms with Crippen molar-refractivity contribution in [1.82, 2.24) is 9.97 Å². The van der Waals surface area contributed by atoms with Gasteiger partial charge in [-0.3, -0.25) is 14.9 Å². The number of rotatable bonds is 2. The molecule has 1 amide bonds. The first-order valence-corrected chi connectivity index (χ1v) is 6.45. The van der Waals surface area contributed by atoms with Gasteiger partial charge in [-0.15, -0.1) is 11.3 Å². The maximum absolute atomic E-state index is 12.2. The lowest BCUT2D eigenvalue weighted by atomic mass is 10.1. The van der Waals surface area contributed by atoms with Gasteiger partial charge in [0.25, 0.3) is 5.91 Å². The van der Waals surface area contributed by atoms with E-state index in [9.17, 15) is 9.59 Å². The van der Waals surface area contributed by atoms with Crippen LogP contribution in [0.4, 0.5) is 5.13 Å². The van der Waals surface area contributed by atoms with Crippen molar-refractivity contribution in [3.63, 3.8) is 0 Å². The van der Waals surface area contributed by atoms with Crippen LogP contribution in [0.15, 0.2) is 46.7 Å². The Labute approximate surface area is 111 Å². The van der Waals surface area contributed by atoms with Gasteiger partial charge >= 0.3 is 0 Å². The Balaban J connectivity index is 2.09. The number of amides is 1. The molecule has 0 aliphatic heterocycles. The second-order valence-corrected chi connectivity index (χ2v) is 4.78. The summed E-state index contributed by atoms with van der Waals surface area (Å²) in [5.74, 6) is -0.336. The van der Waals surface area contributed by atoms with Crippen LogP contribution in [0.25, 0.3) is 10.9 Å². The molecular weight excluding hydrogens is 262 g/mol. The summed E-state index contributed by atoms with van der Waals surface area (Å²) in [6, 6.07) is 8.48. The second kappa shape index (κ2) is 4.66. The predicted octanol–water partition coefficient (Wildman–Crippen LogP) is 2.24. The average Bonchev–Trinajstić information content (AvgIpc) is 2.90. The third-order valence-electron chi connectivity index (χ3n) is 2.65. The summed E-state index contributed by atoms with van der Waals surface area (Å²) < 4.78 is 0. The largest absolute Gasteiger partial charge is 0.322 e. The topological polar surface area (TPSA) is 74.8 Å². The molecule has 6 heteroatoms. The average molecular weight is 271 g/mol. The Morgan fingerprint density at radius 1 is 1.32 bits per heavy atom. The first-order valence-electron chi connectivity index (χ1n) is 5.57. The zero-order valence-electron chi connectivity index (χ0n) is 9.71. The quantitative estimate of drug-likeness (QED) is 0.750. The van der Waals surface area contributed by atoms with Gasteiger partial charge in [0.2, 0.25) is 5.56 Å². The van der Waals surface area contributed by atoms with Crippen molar-refractivity contribution < 1.29 is 4.79 Å². The number of hydrogen-bond acceptors (Lipinski definition) is 4. The van der Waals surface area contributed by atoms with Crippen LogP contribution in [-0.4, -0.2) is 15.9 Å². The molecule has 3 aromatic rings. The lowest BCUT2D eigenvalue weighted by molar-refractivity contribution is 0.102. The van der Waals surface area contributed by atoms with E-state index in [0.29, 0.717) is 21.6 Å². The number of nitrogens with one attached hydrogen (secondary N) is 2. The Hall–Kier alpha value is -2.47. The third kappa shape index (κ3) is 2.25. The molecule has 2 N–H and O–H groups in total. The molecule has 3 rings (SSSR count). The van der Waals surface area contributed by atoms with Gasteiger partial charge in [0.1, 0.15) is 0 Å². The van der Waals surface area contributed by atoms with Gasteiger partial charge in [-0.1, -0.05) is 18.2 Å². The van der Waals surface area contributed by atoms with E-state index in [1.54, 1.807) is 29.8 Å². The Kier molecular flexibility index (Phi) is 2.85. The number of para-hydroxylation sites is 1. The number of carbonyl (C=O) groups is 1. The van der Waals surface area contributed by atoms with Gasteiger partial charge in [-0.2, -0.15) is 0 Å². The number of thiazole rings is 1. The number of anilines is 1. The summed E-state index contributed by atoms with van der Waals surface area (Å²) in [5, 5.41) is 5.66. The molecule has 2 aromatic heterocycles. The van der Waals surface area contributed by atoms with Crippen LogP contribution in [0.1, 0.15) is 10.4 Å². The molecule has 0 unspecified atom stereocenters. The number of nitrogens with zero attached hydrogens (tertiary/aromatic N) is 1. The fourth-order valence-corrected chi connectivity index (χ4v) is 2.37. The molecule has 0 aliphatic rings. The summed E-state index contributed by atoms with van der Waals surface area (Å²) in [6.07, 6.45) is 1.61. The fourth-order valence-electron chi connectivity index (χ4n) is 1.84. The minimum atomic E-state index is -0.336. The van der Waals surface area contributed by atoms with E-state index in [-0.39, 0.29) is 11.5 Å². The molecule has 2 heterocycles. The highest BCUT2D eigenvalue weighted by atomic mass is 32.1. The Morgan fingerprint density at radius 2 is 2.16 bits per heavy atom. The maximum Gasteiger partial charge on any atom is 0.258 e. The number of carbonyl (C=O) groups excluding carboxylic acids is 1. The maximum atomic E-state index is 12.2. The van der Waals surface area contributed by atoms with Gasteiger partial charge < -0.3 is 4.98 Å². The lowest BCUT2D eigenvalue weighted by Crippen LogP contribution is -2.16. The molecule has 94 valence electrons. The number of hydrogen-bond donors (Lipinski definition) is 2. The van der Waals surface area contributed by atoms with Crippen molar-refractivity contribution in [2.24, 2.45) is 0 Å². The minimum absolute atomic E-state index is 0.303. The van der Waals surface area contributed by atoms with E-state index >= 15 is 0 Å². The molecule has 0 fully saturated rings. The van der Waals surface area contributed by atoms with Crippen molar-refractivity contribution >= 4 is 33.3 Å². The second-order valence-electron chi connectivity index (χ2n) is 3.88. The molecule has 0 spiro atoms. The molecular formula is C13H9N3O2S. The molecule has 0 saturated heterocycles. The van der Waals surface area contributed by atoms with E-state index in [2.05, 4.69) is 15.3 Å². The van der Waals surface area contributed by atoms with Crippen LogP contribution in [0.5, 0.6) is 0 Å². The Morgan fingerprint density at radius 3 is 2.95 bits per heavy atom. The summed E-state index contributed by atoms with van der Waals surface area (Å²) in [7, 11) is 0. The summed E-state index contributed by atoms with van der Waals surface area (Å²) in [6.45, 7) is 0. The van der Waals surface area contributed by atoms with Crippen LogP contribution in [-0.2, 0) is 0 Å². The molecule has 0 radical (unpaired) electrons. The van der Waals surface area contributed by atoms with Gasteiger partial charge in [0.15, 0.2) is 5.13 Å². The fraction of sp³-hybridized carbons (Fsp3) is 0. The van der Waals surface area contributed by atoms with Crippen molar-refractivity contribution in [3.05, 3.63) is 57.8 Å². The zero-order chi connectivity index (χ0) is 13.2. The molecule has 0 aliphatic carbocycles. The first kappa shape index (κ1) is 11.6. The standard InChI is InChI=1S/C13H9N3O2S/c17-11-7-9(8-3-1-2-4-10(8)15-11)12(18)16-13-14-5-6-19-13/h1-7H,(H,15,17)(H,14,16,18). The monoisotopic (exact) mass is 271 g/mol. The van der Waals surface area contributed by atoms with E-state index in [4.69, 9.17) is 0 Å². The SMILES string of the molecule is O=C(Nc1nccs1)c1cc(=O)[nH]c2ccccc12.